The molecule has 1 aliphatic carbocycles. The minimum Gasteiger partial charge on any atom is -0.309 e. The third-order valence-electron chi connectivity index (χ3n) is 15.3. The summed E-state index contributed by atoms with van der Waals surface area (Å²) in [6, 6.07) is 75.6. The summed E-state index contributed by atoms with van der Waals surface area (Å²) in [5.74, 6) is 0.693. The highest BCUT2D eigenvalue weighted by Crippen LogP contribution is 2.52. The maximum Gasteiger partial charge on any atom is 0.160 e. The van der Waals surface area contributed by atoms with E-state index in [9.17, 15) is 0 Å². The molecule has 0 bridgehead atoms. The maximum absolute atomic E-state index is 5.23. The molecule has 0 unspecified atom stereocenters. The van der Waals surface area contributed by atoms with Gasteiger partial charge in [-0.05, 0) is 105 Å². The second kappa shape index (κ2) is 14.1. The standard InChI is InChI=1S/C64H46N4/c1-63(2)51-25-12-11-23-45(51)47-36-50-49-35-42(41-30-32-58-48(34-41)46-24-16-27-53-61(46)68(58)59-28-14-13-26-52(59)64(53,3)4)29-31-57(49)67(60(50)37-54(47)63)44-22-15-21-43(33-44)62-65-55(39-17-7-5-8-18-39)38-56(66-62)40-19-9-6-10-20-40/h5-38H,1-4H3. The van der Waals surface area contributed by atoms with Gasteiger partial charge in [0.05, 0.1) is 39.1 Å². The van der Waals surface area contributed by atoms with E-state index in [1.807, 2.05) is 12.1 Å². The minimum absolute atomic E-state index is 0.109. The Morgan fingerprint density at radius 1 is 0.338 bits per heavy atom. The van der Waals surface area contributed by atoms with Gasteiger partial charge < -0.3 is 9.13 Å². The van der Waals surface area contributed by atoms with Crippen molar-refractivity contribution < 1.29 is 0 Å². The van der Waals surface area contributed by atoms with Crippen LogP contribution in [0.25, 0.3) is 111 Å². The molecule has 0 N–H and O–H groups in total. The van der Waals surface area contributed by atoms with Crippen molar-refractivity contribution in [2.75, 3.05) is 0 Å². The van der Waals surface area contributed by atoms with Crippen LogP contribution < -0.4 is 0 Å². The largest absolute Gasteiger partial charge is 0.309 e. The van der Waals surface area contributed by atoms with Gasteiger partial charge >= 0.3 is 0 Å². The molecule has 3 aromatic heterocycles. The van der Waals surface area contributed by atoms with Crippen molar-refractivity contribution in [1.29, 1.82) is 0 Å². The molecule has 0 atom stereocenters. The summed E-state index contributed by atoms with van der Waals surface area (Å²) in [6.07, 6.45) is 0. The lowest BCUT2D eigenvalue weighted by Gasteiger charge is -2.34. The van der Waals surface area contributed by atoms with Crippen LogP contribution in [-0.4, -0.2) is 19.1 Å². The van der Waals surface area contributed by atoms with Gasteiger partial charge in [0.1, 0.15) is 0 Å². The first kappa shape index (κ1) is 38.9. The molecule has 0 saturated carbocycles. The van der Waals surface area contributed by atoms with Crippen LogP contribution in [0.5, 0.6) is 0 Å². The van der Waals surface area contributed by atoms with E-state index >= 15 is 0 Å². The number of benzene rings is 9. The lowest BCUT2D eigenvalue weighted by atomic mass is 9.75. The highest BCUT2D eigenvalue weighted by atomic mass is 15.0. The van der Waals surface area contributed by atoms with Crippen LogP contribution in [0.15, 0.2) is 206 Å². The molecule has 0 spiro atoms. The Labute approximate surface area is 395 Å². The molecule has 68 heavy (non-hydrogen) atoms. The van der Waals surface area contributed by atoms with Gasteiger partial charge in [-0.1, -0.05) is 173 Å². The number of hydrogen-bond acceptors (Lipinski definition) is 2. The fraction of sp³-hybridized carbons (Fsp3) is 0.0938. The third kappa shape index (κ3) is 5.49. The Morgan fingerprint density at radius 2 is 0.897 bits per heavy atom. The molecule has 1 aliphatic heterocycles. The molecule has 14 rings (SSSR count). The molecule has 12 aromatic rings. The van der Waals surface area contributed by atoms with E-state index in [2.05, 4.69) is 231 Å². The highest BCUT2D eigenvalue weighted by Gasteiger charge is 2.37. The fourth-order valence-electron chi connectivity index (χ4n) is 11.9. The normalized spacial score (nSPS) is 14.1. The monoisotopic (exact) mass is 870 g/mol. The van der Waals surface area contributed by atoms with Crippen molar-refractivity contribution in [3.63, 3.8) is 0 Å². The van der Waals surface area contributed by atoms with E-state index in [1.165, 1.54) is 88.3 Å². The van der Waals surface area contributed by atoms with Crippen molar-refractivity contribution in [1.82, 2.24) is 19.1 Å². The SMILES string of the molecule is CC1(C)c2ccccc2-c2cc3c4cc(-c5ccc6c(c5)c5cccc7c5n6-c5ccccc5C7(C)C)ccc4n(-c4cccc(-c5nc(-c6ccccc6)cc(-c6ccccc6)n5)c4)c3cc21. The molecule has 0 amide bonds. The lowest BCUT2D eigenvalue weighted by Crippen LogP contribution is -2.26. The van der Waals surface area contributed by atoms with Crippen molar-refractivity contribution in [2.24, 2.45) is 0 Å². The van der Waals surface area contributed by atoms with Crippen molar-refractivity contribution in [3.8, 4) is 67.5 Å². The Bertz CT molecular complexity index is 4020. The molecule has 0 fully saturated rings. The fourth-order valence-corrected chi connectivity index (χ4v) is 11.9. The zero-order valence-corrected chi connectivity index (χ0v) is 38.4. The lowest BCUT2D eigenvalue weighted by molar-refractivity contribution is 0.630. The highest BCUT2D eigenvalue weighted by molar-refractivity contribution is 6.15. The Kier molecular flexibility index (Phi) is 8.06. The van der Waals surface area contributed by atoms with Gasteiger partial charge in [-0.3, -0.25) is 0 Å². The summed E-state index contributed by atoms with van der Waals surface area (Å²) < 4.78 is 4.96. The second-order valence-electron chi connectivity index (χ2n) is 19.8. The van der Waals surface area contributed by atoms with Gasteiger partial charge in [0.25, 0.3) is 0 Å². The summed E-state index contributed by atoms with van der Waals surface area (Å²) in [6.45, 7) is 9.47. The molecule has 322 valence electrons. The minimum atomic E-state index is -0.153. The zero-order chi connectivity index (χ0) is 45.5. The summed E-state index contributed by atoms with van der Waals surface area (Å²) in [4.78, 5) is 10.5. The van der Waals surface area contributed by atoms with Crippen LogP contribution in [0.2, 0.25) is 0 Å². The smallest absolute Gasteiger partial charge is 0.160 e. The summed E-state index contributed by atoms with van der Waals surface area (Å²) in [5, 5.41) is 5.03. The second-order valence-corrected chi connectivity index (χ2v) is 19.8. The van der Waals surface area contributed by atoms with Gasteiger partial charge in [0.15, 0.2) is 5.82 Å². The summed E-state index contributed by atoms with van der Waals surface area (Å²) in [5.41, 5.74) is 22.3. The van der Waals surface area contributed by atoms with E-state index < -0.39 is 0 Å². The van der Waals surface area contributed by atoms with Crippen LogP contribution in [0, 0.1) is 0 Å². The Balaban J connectivity index is 0.979. The number of nitrogens with zero attached hydrogens (tertiary/aromatic N) is 4. The molecular weight excluding hydrogens is 825 g/mol. The molecular formula is C64H46N4. The predicted molar refractivity (Wildman–Crippen MR) is 282 cm³/mol. The molecule has 4 nitrogen and oxygen atoms in total. The van der Waals surface area contributed by atoms with Gasteiger partial charge in [-0.25, -0.2) is 9.97 Å². The number of hydrogen-bond donors (Lipinski definition) is 0. The first-order valence-electron chi connectivity index (χ1n) is 23.7. The van der Waals surface area contributed by atoms with Crippen LogP contribution >= 0.6 is 0 Å². The summed E-state index contributed by atoms with van der Waals surface area (Å²) in [7, 11) is 0. The molecule has 2 aliphatic rings. The third-order valence-corrected chi connectivity index (χ3v) is 15.3. The molecule has 9 aromatic carbocycles. The van der Waals surface area contributed by atoms with E-state index in [0.29, 0.717) is 5.82 Å². The number of para-hydroxylation sites is 2. The number of rotatable bonds is 5. The molecule has 4 heteroatoms. The quantitative estimate of drug-likeness (QED) is 0.173. The van der Waals surface area contributed by atoms with E-state index in [1.54, 1.807) is 0 Å². The van der Waals surface area contributed by atoms with E-state index in [-0.39, 0.29) is 10.8 Å². The average molecular weight is 871 g/mol. The van der Waals surface area contributed by atoms with Crippen LogP contribution in [0.3, 0.4) is 0 Å². The maximum atomic E-state index is 5.23. The van der Waals surface area contributed by atoms with Crippen molar-refractivity contribution >= 4 is 43.6 Å². The topological polar surface area (TPSA) is 35.6 Å². The Morgan fingerprint density at radius 3 is 1.62 bits per heavy atom. The van der Waals surface area contributed by atoms with Crippen LogP contribution in [-0.2, 0) is 10.8 Å². The predicted octanol–water partition coefficient (Wildman–Crippen LogP) is 16.3. The first-order valence-corrected chi connectivity index (χ1v) is 23.7. The van der Waals surface area contributed by atoms with Gasteiger partial charge in [0, 0.05) is 54.8 Å². The first-order chi connectivity index (χ1) is 33.2. The van der Waals surface area contributed by atoms with Gasteiger partial charge in [-0.15, -0.1) is 0 Å². The van der Waals surface area contributed by atoms with Crippen LogP contribution in [0.4, 0.5) is 0 Å². The van der Waals surface area contributed by atoms with Crippen molar-refractivity contribution in [2.45, 2.75) is 38.5 Å². The molecule has 0 radical (unpaired) electrons. The van der Waals surface area contributed by atoms with Crippen LogP contribution in [0.1, 0.15) is 49.9 Å². The van der Waals surface area contributed by atoms with Gasteiger partial charge in [0.2, 0.25) is 0 Å². The Hall–Kier alpha value is -8.34. The molecule has 0 saturated heterocycles. The zero-order valence-electron chi connectivity index (χ0n) is 38.4. The van der Waals surface area contributed by atoms with E-state index in [4.69, 9.17) is 9.97 Å². The number of aromatic nitrogens is 4. The average Bonchev–Trinajstić information content (AvgIpc) is 3.97. The molecule has 4 heterocycles. The van der Waals surface area contributed by atoms with Crippen molar-refractivity contribution in [3.05, 3.63) is 229 Å². The number of fused-ring (bicyclic) bond motifs is 11. The van der Waals surface area contributed by atoms with Gasteiger partial charge in [-0.2, -0.15) is 0 Å². The van der Waals surface area contributed by atoms with E-state index in [0.717, 1.165) is 39.3 Å². The summed E-state index contributed by atoms with van der Waals surface area (Å²) >= 11 is 0.